The molecule has 1 unspecified atom stereocenters. The quantitative estimate of drug-likeness (QED) is 0.370. The third-order valence-corrected chi connectivity index (χ3v) is 3.51. The number of pyridine rings is 1. The number of anilines is 1. The fourth-order valence-corrected chi connectivity index (χ4v) is 2.56. The van der Waals surface area contributed by atoms with Crippen molar-refractivity contribution in [3.05, 3.63) is 23.9 Å². The first kappa shape index (κ1) is 12.7. The Morgan fingerprint density at radius 2 is 2.39 bits per heavy atom. The molecule has 3 N–H and O–H groups in total. The number of nitrogens with two attached hydrogens (primary N) is 1. The molecule has 2 heterocycles. The second-order valence-electron chi connectivity index (χ2n) is 5.03. The maximum absolute atomic E-state index is 8.71. The zero-order valence-electron chi connectivity index (χ0n) is 10.9. The SMILES string of the molecule is CC(C)C1CCCN1c1cc(C(N)=NO)ccn1. The molecule has 1 fully saturated rings. The van der Waals surface area contributed by atoms with Gasteiger partial charge in [-0.2, -0.15) is 0 Å². The van der Waals surface area contributed by atoms with Crippen LogP contribution in [0.25, 0.3) is 0 Å². The lowest BCUT2D eigenvalue weighted by Crippen LogP contribution is -2.34. The van der Waals surface area contributed by atoms with Crippen LogP contribution in [0.5, 0.6) is 0 Å². The summed E-state index contributed by atoms with van der Waals surface area (Å²) in [7, 11) is 0. The van der Waals surface area contributed by atoms with Crippen molar-refractivity contribution in [1.82, 2.24) is 4.98 Å². The van der Waals surface area contributed by atoms with Gasteiger partial charge in [-0.05, 0) is 30.9 Å². The van der Waals surface area contributed by atoms with Crippen LogP contribution in [0.15, 0.2) is 23.5 Å². The Hall–Kier alpha value is -1.78. The topological polar surface area (TPSA) is 74.7 Å². The molecule has 0 aromatic carbocycles. The predicted molar refractivity (Wildman–Crippen MR) is 72.0 cm³/mol. The number of aromatic nitrogens is 1. The molecule has 5 heteroatoms. The van der Waals surface area contributed by atoms with E-state index in [2.05, 4.69) is 28.9 Å². The van der Waals surface area contributed by atoms with Gasteiger partial charge in [0.15, 0.2) is 5.84 Å². The van der Waals surface area contributed by atoms with Crippen molar-refractivity contribution in [2.45, 2.75) is 32.7 Å². The van der Waals surface area contributed by atoms with Gasteiger partial charge in [-0.15, -0.1) is 0 Å². The van der Waals surface area contributed by atoms with Crippen molar-refractivity contribution in [2.75, 3.05) is 11.4 Å². The molecule has 1 saturated heterocycles. The summed E-state index contributed by atoms with van der Waals surface area (Å²) < 4.78 is 0. The Morgan fingerprint density at radius 3 is 3.06 bits per heavy atom. The lowest BCUT2D eigenvalue weighted by atomic mass is 10.0. The molecule has 0 spiro atoms. The molecule has 98 valence electrons. The third kappa shape index (κ3) is 2.39. The van der Waals surface area contributed by atoms with E-state index in [9.17, 15) is 0 Å². The second kappa shape index (κ2) is 5.25. The van der Waals surface area contributed by atoms with Gasteiger partial charge >= 0.3 is 0 Å². The molecule has 18 heavy (non-hydrogen) atoms. The van der Waals surface area contributed by atoms with Gasteiger partial charge in [-0.25, -0.2) is 4.98 Å². The molecule has 0 amide bonds. The maximum atomic E-state index is 8.71. The average Bonchev–Trinajstić information content (AvgIpc) is 2.87. The highest BCUT2D eigenvalue weighted by Gasteiger charge is 2.28. The average molecular weight is 248 g/mol. The minimum atomic E-state index is 0.124. The van der Waals surface area contributed by atoms with Crippen LogP contribution >= 0.6 is 0 Å². The summed E-state index contributed by atoms with van der Waals surface area (Å²) in [5.74, 6) is 1.64. The Kier molecular flexibility index (Phi) is 3.69. The number of hydrogen-bond donors (Lipinski definition) is 2. The van der Waals surface area contributed by atoms with Crippen LogP contribution in [0, 0.1) is 5.92 Å². The van der Waals surface area contributed by atoms with Crippen LogP contribution in [0.2, 0.25) is 0 Å². The van der Waals surface area contributed by atoms with Gasteiger partial charge in [0.25, 0.3) is 0 Å². The van der Waals surface area contributed by atoms with Gasteiger partial charge in [-0.1, -0.05) is 19.0 Å². The summed E-state index contributed by atoms with van der Waals surface area (Å²) in [4.78, 5) is 6.72. The van der Waals surface area contributed by atoms with Crippen molar-refractivity contribution in [3.63, 3.8) is 0 Å². The molecule has 0 radical (unpaired) electrons. The highest BCUT2D eigenvalue weighted by atomic mass is 16.4. The molecule has 5 nitrogen and oxygen atoms in total. The fraction of sp³-hybridized carbons (Fsp3) is 0.538. The van der Waals surface area contributed by atoms with E-state index in [-0.39, 0.29) is 5.84 Å². The van der Waals surface area contributed by atoms with Gasteiger partial charge in [0.2, 0.25) is 0 Å². The van der Waals surface area contributed by atoms with E-state index in [1.807, 2.05) is 6.07 Å². The lowest BCUT2D eigenvalue weighted by Gasteiger charge is -2.28. The molecule has 1 aliphatic heterocycles. The number of rotatable bonds is 3. The van der Waals surface area contributed by atoms with E-state index >= 15 is 0 Å². The smallest absolute Gasteiger partial charge is 0.170 e. The van der Waals surface area contributed by atoms with Gasteiger partial charge < -0.3 is 15.8 Å². The van der Waals surface area contributed by atoms with Crippen LogP contribution < -0.4 is 10.6 Å². The van der Waals surface area contributed by atoms with Crippen LogP contribution in [-0.4, -0.2) is 28.6 Å². The zero-order chi connectivity index (χ0) is 13.1. The van der Waals surface area contributed by atoms with E-state index < -0.39 is 0 Å². The molecule has 2 rings (SSSR count). The van der Waals surface area contributed by atoms with E-state index in [4.69, 9.17) is 10.9 Å². The Labute approximate surface area is 107 Å². The van der Waals surface area contributed by atoms with E-state index in [1.54, 1.807) is 12.3 Å². The summed E-state index contributed by atoms with van der Waals surface area (Å²) in [5.41, 5.74) is 6.32. The van der Waals surface area contributed by atoms with Crippen molar-refractivity contribution in [3.8, 4) is 0 Å². The van der Waals surface area contributed by atoms with E-state index in [0.717, 1.165) is 12.4 Å². The summed E-state index contributed by atoms with van der Waals surface area (Å²) in [6.45, 7) is 5.49. The molecule has 1 aromatic rings. The summed E-state index contributed by atoms with van der Waals surface area (Å²) in [6, 6.07) is 4.16. The Bertz CT molecular complexity index is 444. The number of amidine groups is 1. The zero-order valence-corrected chi connectivity index (χ0v) is 10.9. The van der Waals surface area contributed by atoms with Gasteiger partial charge in [-0.3, -0.25) is 0 Å². The highest BCUT2D eigenvalue weighted by Crippen LogP contribution is 2.28. The summed E-state index contributed by atoms with van der Waals surface area (Å²) >= 11 is 0. The molecule has 1 aliphatic rings. The fourth-order valence-electron chi connectivity index (χ4n) is 2.56. The van der Waals surface area contributed by atoms with Gasteiger partial charge in [0.05, 0.1) is 0 Å². The lowest BCUT2D eigenvalue weighted by molar-refractivity contribution is 0.318. The van der Waals surface area contributed by atoms with E-state index in [1.165, 1.54) is 12.8 Å². The van der Waals surface area contributed by atoms with Crippen LogP contribution in [-0.2, 0) is 0 Å². The number of oxime groups is 1. The second-order valence-corrected chi connectivity index (χ2v) is 5.03. The minimum absolute atomic E-state index is 0.124. The minimum Gasteiger partial charge on any atom is -0.409 e. The van der Waals surface area contributed by atoms with Gasteiger partial charge in [0.1, 0.15) is 5.82 Å². The van der Waals surface area contributed by atoms with Crippen LogP contribution in [0.3, 0.4) is 0 Å². The normalized spacial score (nSPS) is 20.7. The maximum Gasteiger partial charge on any atom is 0.170 e. The van der Waals surface area contributed by atoms with Crippen LogP contribution in [0.4, 0.5) is 5.82 Å². The predicted octanol–water partition coefficient (Wildman–Crippen LogP) is 1.80. The molecule has 1 atom stereocenters. The molecular weight excluding hydrogens is 228 g/mol. The first-order chi connectivity index (χ1) is 8.63. The monoisotopic (exact) mass is 248 g/mol. The largest absolute Gasteiger partial charge is 0.409 e. The van der Waals surface area contributed by atoms with Gasteiger partial charge in [0, 0.05) is 24.3 Å². The van der Waals surface area contributed by atoms with Crippen molar-refractivity contribution in [1.29, 1.82) is 0 Å². The molecule has 0 saturated carbocycles. The first-order valence-electron chi connectivity index (χ1n) is 6.34. The number of nitrogens with zero attached hydrogens (tertiary/aromatic N) is 3. The summed E-state index contributed by atoms with van der Waals surface area (Å²) in [5, 5.41) is 11.7. The Morgan fingerprint density at radius 1 is 1.61 bits per heavy atom. The highest BCUT2D eigenvalue weighted by molar-refractivity contribution is 5.97. The van der Waals surface area contributed by atoms with Crippen LogP contribution in [0.1, 0.15) is 32.3 Å². The standard InChI is InChI=1S/C13H20N4O/c1-9(2)11-4-3-7-17(11)12-8-10(5-6-15-12)13(14)16-18/h5-6,8-9,11,18H,3-4,7H2,1-2H3,(H2,14,16). The molecular formula is C13H20N4O. The Balaban J connectivity index is 2.28. The van der Waals surface area contributed by atoms with Crippen molar-refractivity contribution in [2.24, 2.45) is 16.8 Å². The first-order valence-corrected chi connectivity index (χ1v) is 6.34. The molecule has 0 bridgehead atoms. The number of hydrogen-bond acceptors (Lipinski definition) is 4. The molecule has 0 aliphatic carbocycles. The molecule has 1 aromatic heterocycles. The summed E-state index contributed by atoms with van der Waals surface area (Å²) in [6.07, 6.45) is 4.10. The third-order valence-electron chi connectivity index (χ3n) is 3.51. The van der Waals surface area contributed by atoms with Crippen molar-refractivity contribution < 1.29 is 5.21 Å². The van der Waals surface area contributed by atoms with Crippen molar-refractivity contribution >= 4 is 11.7 Å². The van der Waals surface area contributed by atoms with E-state index in [0.29, 0.717) is 17.5 Å².